The number of methoxy groups -OCH3 is 1. The van der Waals surface area contributed by atoms with Crippen molar-refractivity contribution in [1.29, 1.82) is 0 Å². The first-order valence-corrected chi connectivity index (χ1v) is 6.83. The van der Waals surface area contributed by atoms with Crippen LogP contribution in [0.2, 0.25) is 0 Å². The van der Waals surface area contributed by atoms with Crippen molar-refractivity contribution in [3.8, 4) is 11.4 Å². The van der Waals surface area contributed by atoms with Crippen LogP contribution >= 0.6 is 0 Å². The molecule has 0 spiro atoms. The van der Waals surface area contributed by atoms with Gasteiger partial charge in [0.15, 0.2) is 0 Å². The Balaban J connectivity index is 1.88. The number of benzene rings is 1. The van der Waals surface area contributed by atoms with Crippen molar-refractivity contribution >= 4 is 11.6 Å². The number of hydrogen-bond acceptors (Lipinski definition) is 6. The first-order valence-electron chi connectivity index (χ1n) is 6.83. The van der Waals surface area contributed by atoms with Crippen molar-refractivity contribution in [2.24, 2.45) is 0 Å². The molecule has 0 radical (unpaired) electrons. The Morgan fingerprint density at radius 1 is 1.30 bits per heavy atom. The van der Waals surface area contributed by atoms with Crippen LogP contribution in [-0.4, -0.2) is 38.2 Å². The molecule has 2 aromatic heterocycles. The van der Waals surface area contributed by atoms with Crippen molar-refractivity contribution in [2.75, 3.05) is 12.4 Å². The Labute approximate surface area is 132 Å². The third-order valence-corrected chi connectivity index (χ3v) is 3.30. The summed E-state index contributed by atoms with van der Waals surface area (Å²) in [5.74, 6) is 0.261. The third-order valence-electron chi connectivity index (χ3n) is 3.30. The third kappa shape index (κ3) is 3.00. The van der Waals surface area contributed by atoms with Crippen LogP contribution < -0.4 is 10.1 Å². The van der Waals surface area contributed by atoms with E-state index in [-0.39, 0.29) is 5.91 Å². The Bertz CT molecular complexity index is 832. The topological polar surface area (TPSA) is 94.8 Å². The van der Waals surface area contributed by atoms with Gasteiger partial charge < -0.3 is 10.1 Å². The molecule has 3 rings (SSSR count). The van der Waals surface area contributed by atoms with Gasteiger partial charge in [-0.15, -0.1) is 5.10 Å². The molecule has 2 heterocycles. The van der Waals surface area contributed by atoms with Crippen LogP contribution in [0.3, 0.4) is 0 Å². The van der Waals surface area contributed by atoms with E-state index in [0.29, 0.717) is 22.7 Å². The number of carbonyl (C=O) groups excluding carboxylic acids is 1. The average molecular weight is 310 g/mol. The molecule has 0 bridgehead atoms. The maximum atomic E-state index is 12.4. The lowest BCUT2D eigenvalue weighted by molar-refractivity contribution is 0.102. The van der Waals surface area contributed by atoms with Gasteiger partial charge in [0.05, 0.1) is 24.0 Å². The number of aryl methyl sites for hydroxylation is 1. The number of aromatic nitrogens is 5. The van der Waals surface area contributed by atoms with E-state index in [4.69, 9.17) is 4.74 Å². The van der Waals surface area contributed by atoms with Crippen LogP contribution in [0.25, 0.3) is 5.69 Å². The maximum Gasteiger partial charge on any atom is 0.257 e. The number of nitrogens with one attached hydrogen (secondary N) is 1. The Morgan fingerprint density at radius 3 is 2.87 bits per heavy atom. The fourth-order valence-corrected chi connectivity index (χ4v) is 2.12. The molecule has 0 saturated heterocycles. The average Bonchev–Trinajstić information content (AvgIpc) is 3.10. The zero-order valence-electron chi connectivity index (χ0n) is 12.6. The molecular formula is C15H14N6O2. The lowest BCUT2D eigenvalue weighted by atomic mass is 10.2. The van der Waals surface area contributed by atoms with Gasteiger partial charge in [0.1, 0.15) is 12.1 Å². The molecule has 23 heavy (non-hydrogen) atoms. The van der Waals surface area contributed by atoms with Gasteiger partial charge in [-0.1, -0.05) is 0 Å². The van der Waals surface area contributed by atoms with Crippen LogP contribution in [-0.2, 0) is 0 Å². The second-order valence-electron chi connectivity index (χ2n) is 4.73. The summed E-state index contributed by atoms with van der Waals surface area (Å²) in [4.78, 5) is 16.5. The largest absolute Gasteiger partial charge is 0.494 e. The number of ether oxygens (including phenoxy) is 1. The number of anilines is 1. The summed E-state index contributed by atoms with van der Waals surface area (Å²) in [7, 11) is 1.53. The summed E-state index contributed by atoms with van der Waals surface area (Å²) in [6.45, 7) is 1.78. The van der Waals surface area contributed by atoms with Gasteiger partial charge in [-0.05, 0) is 41.6 Å². The molecule has 0 aliphatic rings. The van der Waals surface area contributed by atoms with E-state index in [9.17, 15) is 4.79 Å². The number of carbonyl (C=O) groups is 1. The summed E-state index contributed by atoms with van der Waals surface area (Å²) in [5.41, 5.74) is 2.45. The van der Waals surface area contributed by atoms with Gasteiger partial charge in [0.2, 0.25) is 0 Å². The summed E-state index contributed by atoms with van der Waals surface area (Å²) in [6, 6.07) is 8.70. The molecule has 1 aromatic carbocycles. The van der Waals surface area contributed by atoms with Gasteiger partial charge in [-0.3, -0.25) is 9.78 Å². The predicted molar refractivity (Wildman–Crippen MR) is 82.6 cm³/mol. The minimum absolute atomic E-state index is 0.246. The minimum atomic E-state index is -0.246. The van der Waals surface area contributed by atoms with Crippen LogP contribution in [0.4, 0.5) is 5.69 Å². The second kappa shape index (κ2) is 6.22. The number of amides is 1. The van der Waals surface area contributed by atoms with Crippen molar-refractivity contribution in [2.45, 2.75) is 6.92 Å². The molecule has 0 aliphatic carbocycles. The molecule has 0 unspecified atom stereocenters. The summed E-state index contributed by atoms with van der Waals surface area (Å²) >= 11 is 0. The van der Waals surface area contributed by atoms with Crippen LogP contribution in [0.15, 0.2) is 42.9 Å². The number of hydrogen-bond donors (Lipinski definition) is 1. The highest BCUT2D eigenvalue weighted by Gasteiger charge is 2.13. The van der Waals surface area contributed by atoms with E-state index in [1.54, 1.807) is 43.5 Å². The molecule has 8 nitrogen and oxygen atoms in total. The Kier molecular flexibility index (Phi) is 3.96. The van der Waals surface area contributed by atoms with E-state index in [0.717, 1.165) is 5.69 Å². The highest BCUT2D eigenvalue weighted by molar-refractivity contribution is 6.05. The van der Waals surface area contributed by atoms with Gasteiger partial charge in [0.25, 0.3) is 5.91 Å². The minimum Gasteiger partial charge on any atom is -0.494 e. The zero-order chi connectivity index (χ0) is 16.2. The van der Waals surface area contributed by atoms with Crippen molar-refractivity contribution in [3.63, 3.8) is 0 Å². The van der Waals surface area contributed by atoms with Gasteiger partial charge in [-0.2, -0.15) is 0 Å². The van der Waals surface area contributed by atoms with E-state index in [1.807, 2.05) is 0 Å². The first-order chi connectivity index (χ1) is 11.2. The van der Waals surface area contributed by atoms with Crippen LogP contribution in [0.1, 0.15) is 16.1 Å². The molecule has 0 atom stereocenters. The standard InChI is InChI=1S/C15H14N6O2/c1-10-12(4-3-7-16-10)15(22)18-13-6-5-11(8-14(13)23-2)21-9-17-19-20-21/h3-9H,1-2H3,(H,18,22). The summed E-state index contributed by atoms with van der Waals surface area (Å²) < 4.78 is 6.84. The fourth-order valence-electron chi connectivity index (χ4n) is 2.12. The summed E-state index contributed by atoms with van der Waals surface area (Å²) in [6.07, 6.45) is 3.12. The normalized spacial score (nSPS) is 10.3. The molecule has 116 valence electrons. The SMILES string of the molecule is COc1cc(-n2cnnn2)ccc1NC(=O)c1cccnc1C. The van der Waals surface area contributed by atoms with E-state index < -0.39 is 0 Å². The number of pyridine rings is 1. The quantitative estimate of drug-likeness (QED) is 0.787. The van der Waals surface area contributed by atoms with Gasteiger partial charge in [0, 0.05) is 18.0 Å². The first kappa shape index (κ1) is 14.6. The van der Waals surface area contributed by atoms with Crippen molar-refractivity contribution in [1.82, 2.24) is 25.2 Å². The number of nitrogens with zero attached hydrogens (tertiary/aromatic N) is 5. The monoisotopic (exact) mass is 310 g/mol. The van der Waals surface area contributed by atoms with Crippen LogP contribution in [0, 0.1) is 6.92 Å². The second-order valence-corrected chi connectivity index (χ2v) is 4.73. The van der Waals surface area contributed by atoms with Gasteiger partial charge in [-0.25, -0.2) is 4.68 Å². The van der Waals surface area contributed by atoms with E-state index >= 15 is 0 Å². The molecule has 1 N–H and O–H groups in total. The van der Waals surface area contributed by atoms with Gasteiger partial charge >= 0.3 is 0 Å². The molecular weight excluding hydrogens is 296 g/mol. The van der Waals surface area contributed by atoms with E-state index in [1.165, 1.54) is 18.1 Å². The zero-order valence-corrected chi connectivity index (χ0v) is 12.6. The summed E-state index contributed by atoms with van der Waals surface area (Å²) in [5, 5.41) is 13.8. The fraction of sp³-hybridized carbons (Fsp3) is 0.133. The number of rotatable bonds is 4. The molecule has 0 fully saturated rings. The molecule has 0 saturated carbocycles. The highest BCUT2D eigenvalue weighted by Crippen LogP contribution is 2.27. The number of tetrazole rings is 1. The molecule has 3 aromatic rings. The lowest BCUT2D eigenvalue weighted by Crippen LogP contribution is -2.14. The molecule has 0 aliphatic heterocycles. The maximum absolute atomic E-state index is 12.4. The Morgan fingerprint density at radius 2 is 2.17 bits per heavy atom. The highest BCUT2D eigenvalue weighted by atomic mass is 16.5. The van der Waals surface area contributed by atoms with Crippen molar-refractivity contribution < 1.29 is 9.53 Å². The van der Waals surface area contributed by atoms with Crippen LogP contribution in [0.5, 0.6) is 5.75 Å². The Hall–Kier alpha value is -3.29. The van der Waals surface area contributed by atoms with Crippen molar-refractivity contribution in [3.05, 3.63) is 54.1 Å². The predicted octanol–water partition coefficient (Wildman–Crippen LogP) is 1.63. The molecule has 1 amide bonds. The van der Waals surface area contributed by atoms with E-state index in [2.05, 4.69) is 25.8 Å². The lowest BCUT2D eigenvalue weighted by Gasteiger charge is -2.12. The molecule has 8 heteroatoms. The smallest absolute Gasteiger partial charge is 0.257 e.